The van der Waals surface area contributed by atoms with Crippen molar-refractivity contribution in [2.75, 3.05) is 5.73 Å². The van der Waals surface area contributed by atoms with E-state index in [1.54, 1.807) is 0 Å². The summed E-state index contributed by atoms with van der Waals surface area (Å²) in [5, 5.41) is 11.6. The van der Waals surface area contributed by atoms with E-state index in [2.05, 4.69) is 15.5 Å². The number of hydrogen-bond donors (Lipinski definition) is 1. The van der Waals surface area contributed by atoms with Gasteiger partial charge in [0.25, 0.3) is 0 Å². The highest BCUT2D eigenvalue weighted by molar-refractivity contribution is 5.64. The summed E-state index contributed by atoms with van der Waals surface area (Å²) in [4.78, 5) is 0. The third-order valence-corrected chi connectivity index (χ3v) is 3.29. The fourth-order valence-electron chi connectivity index (χ4n) is 2.18. The minimum Gasteiger partial charge on any atom is -0.399 e. The molecule has 1 aromatic heterocycles. The quantitative estimate of drug-likeness (QED) is 0.734. The van der Waals surface area contributed by atoms with E-state index in [1.165, 1.54) is 22.9 Å². The van der Waals surface area contributed by atoms with Crippen LogP contribution in [-0.2, 0) is 0 Å². The number of rotatable bonds is 2. The van der Waals surface area contributed by atoms with E-state index in [-0.39, 0.29) is 5.56 Å². The maximum absolute atomic E-state index is 14.0. The third-order valence-electron chi connectivity index (χ3n) is 3.29. The van der Waals surface area contributed by atoms with Crippen molar-refractivity contribution >= 4 is 5.69 Å². The molecule has 3 rings (SSSR count). The first-order valence-corrected chi connectivity index (χ1v) is 6.47. The largest absolute Gasteiger partial charge is 0.399 e. The monoisotopic (exact) mass is 283 g/mol. The van der Waals surface area contributed by atoms with Gasteiger partial charge in [0, 0.05) is 5.69 Å². The molecule has 6 heteroatoms. The predicted octanol–water partition coefficient (Wildman–Crippen LogP) is 2.67. The van der Waals surface area contributed by atoms with Crippen molar-refractivity contribution in [2.24, 2.45) is 0 Å². The molecule has 0 bridgehead atoms. The third kappa shape index (κ3) is 2.35. The number of aryl methyl sites for hydroxylation is 2. The van der Waals surface area contributed by atoms with Crippen molar-refractivity contribution in [3.63, 3.8) is 0 Å². The molecule has 0 spiro atoms. The van der Waals surface area contributed by atoms with E-state index in [1.807, 2.05) is 32.0 Å². The van der Waals surface area contributed by atoms with Gasteiger partial charge in [-0.2, -0.15) is 4.68 Å². The number of nitrogens with zero attached hydrogens (tertiary/aromatic N) is 4. The van der Waals surface area contributed by atoms with E-state index >= 15 is 0 Å². The Labute approximate surface area is 121 Å². The van der Waals surface area contributed by atoms with Gasteiger partial charge in [0.2, 0.25) is 0 Å². The Morgan fingerprint density at radius 3 is 2.71 bits per heavy atom. The molecule has 1 heterocycles. The first kappa shape index (κ1) is 13.2. The molecule has 0 amide bonds. The lowest BCUT2D eigenvalue weighted by molar-refractivity contribution is 0.629. The van der Waals surface area contributed by atoms with Crippen LogP contribution in [0.4, 0.5) is 10.1 Å². The van der Waals surface area contributed by atoms with Crippen LogP contribution in [0, 0.1) is 19.7 Å². The number of anilines is 1. The second-order valence-electron chi connectivity index (χ2n) is 4.94. The number of aromatic nitrogens is 4. The summed E-state index contributed by atoms with van der Waals surface area (Å²) >= 11 is 0. The second kappa shape index (κ2) is 4.97. The highest BCUT2D eigenvalue weighted by atomic mass is 19.1. The summed E-state index contributed by atoms with van der Waals surface area (Å²) in [5.74, 6) is -0.0842. The molecule has 0 saturated carbocycles. The Hall–Kier alpha value is -2.76. The van der Waals surface area contributed by atoms with Crippen LogP contribution in [-0.4, -0.2) is 20.2 Å². The molecule has 5 nitrogen and oxygen atoms in total. The van der Waals surface area contributed by atoms with E-state index in [4.69, 9.17) is 5.73 Å². The van der Waals surface area contributed by atoms with Crippen LogP contribution in [0.5, 0.6) is 0 Å². The minimum atomic E-state index is -0.412. The van der Waals surface area contributed by atoms with Crippen molar-refractivity contribution in [1.29, 1.82) is 0 Å². The van der Waals surface area contributed by atoms with Crippen LogP contribution in [0.2, 0.25) is 0 Å². The molecular weight excluding hydrogens is 269 g/mol. The second-order valence-corrected chi connectivity index (χ2v) is 4.94. The minimum absolute atomic E-state index is 0.279. The lowest BCUT2D eigenvalue weighted by atomic mass is 10.1. The van der Waals surface area contributed by atoms with E-state index in [9.17, 15) is 4.39 Å². The van der Waals surface area contributed by atoms with Gasteiger partial charge in [-0.15, -0.1) is 5.10 Å². The molecule has 0 fully saturated rings. The molecular formula is C15H14FN5. The number of nitrogen functional groups attached to an aromatic ring is 1. The van der Waals surface area contributed by atoms with Crippen LogP contribution in [0.15, 0.2) is 36.4 Å². The Kier molecular flexibility index (Phi) is 3.13. The Morgan fingerprint density at radius 1 is 1.10 bits per heavy atom. The first-order chi connectivity index (χ1) is 10.1. The summed E-state index contributed by atoms with van der Waals surface area (Å²) in [5.41, 5.74) is 9.36. The zero-order valence-corrected chi connectivity index (χ0v) is 11.7. The number of halogens is 1. The summed E-state index contributed by atoms with van der Waals surface area (Å²) in [6.45, 7) is 3.93. The molecule has 3 aromatic rings. The molecule has 106 valence electrons. The van der Waals surface area contributed by atoms with Gasteiger partial charge in [0.05, 0.1) is 11.3 Å². The normalized spacial score (nSPS) is 10.8. The first-order valence-electron chi connectivity index (χ1n) is 6.47. The molecule has 0 unspecified atom stereocenters. The van der Waals surface area contributed by atoms with E-state index in [0.717, 1.165) is 16.8 Å². The molecule has 0 saturated heterocycles. The Bertz CT molecular complexity index is 744. The van der Waals surface area contributed by atoms with E-state index < -0.39 is 5.82 Å². The molecule has 0 aliphatic rings. The maximum atomic E-state index is 14.0. The highest BCUT2D eigenvalue weighted by Crippen LogP contribution is 2.26. The van der Waals surface area contributed by atoms with Gasteiger partial charge < -0.3 is 5.73 Å². The van der Waals surface area contributed by atoms with Gasteiger partial charge in [-0.3, -0.25) is 0 Å². The standard InChI is InChI=1S/C15H14FN5/c1-9-3-4-10(2)14(7-9)21-15(18-19-20-21)12-8-11(17)5-6-13(12)16/h3-8H,17H2,1-2H3. The molecule has 0 aliphatic carbocycles. The lowest BCUT2D eigenvalue weighted by Crippen LogP contribution is -2.04. The van der Waals surface area contributed by atoms with Gasteiger partial charge in [0.15, 0.2) is 5.82 Å². The average molecular weight is 283 g/mol. The van der Waals surface area contributed by atoms with Crippen molar-refractivity contribution in [2.45, 2.75) is 13.8 Å². The van der Waals surface area contributed by atoms with Crippen LogP contribution >= 0.6 is 0 Å². The van der Waals surface area contributed by atoms with Gasteiger partial charge in [-0.25, -0.2) is 4.39 Å². The molecule has 0 aliphatic heterocycles. The van der Waals surface area contributed by atoms with Gasteiger partial charge in [-0.1, -0.05) is 12.1 Å². The zero-order valence-electron chi connectivity index (χ0n) is 11.7. The molecule has 2 N–H and O–H groups in total. The van der Waals surface area contributed by atoms with Gasteiger partial charge in [-0.05, 0) is 59.7 Å². The molecule has 2 aromatic carbocycles. The van der Waals surface area contributed by atoms with Crippen molar-refractivity contribution in [3.05, 3.63) is 53.3 Å². The fraction of sp³-hybridized carbons (Fsp3) is 0.133. The number of nitrogens with two attached hydrogens (primary N) is 1. The fourth-order valence-corrected chi connectivity index (χ4v) is 2.18. The molecule has 0 atom stereocenters. The topological polar surface area (TPSA) is 69.6 Å². The lowest BCUT2D eigenvalue weighted by Gasteiger charge is -2.09. The number of tetrazole rings is 1. The smallest absolute Gasteiger partial charge is 0.190 e. The average Bonchev–Trinajstić information content (AvgIpc) is 2.93. The Balaban J connectivity index is 2.22. The zero-order chi connectivity index (χ0) is 15.0. The van der Waals surface area contributed by atoms with Gasteiger partial charge >= 0.3 is 0 Å². The highest BCUT2D eigenvalue weighted by Gasteiger charge is 2.16. The van der Waals surface area contributed by atoms with Crippen molar-refractivity contribution in [3.8, 4) is 17.1 Å². The maximum Gasteiger partial charge on any atom is 0.190 e. The summed E-state index contributed by atoms with van der Waals surface area (Å²) in [6, 6.07) is 10.3. The summed E-state index contributed by atoms with van der Waals surface area (Å²) < 4.78 is 15.6. The molecule has 21 heavy (non-hydrogen) atoms. The predicted molar refractivity (Wildman–Crippen MR) is 78.4 cm³/mol. The summed E-state index contributed by atoms with van der Waals surface area (Å²) in [6.07, 6.45) is 0. The van der Waals surface area contributed by atoms with E-state index in [0.29, 0.717) is 11.5 Å². The van der Waals surface area contributed by atoms with Crippen LogP contribution < -0.4 is 5.73 Å². The van der Waals surface area contributed by atoms with Crippen LogP contribution in [0.25, 0.3) is 17.1 Å². The Morgan fingerprint density at radius 2 is 1.90 bits per heavy atom. The SMILES string of the molecule is Cc1ccc(C)c(-n2nnnc2-c2cc(N)ccc2F)c1. The number of benzene rings is 2. The molecule has 0 radical (unpaired) electrons. The van der Waals surface area contributed by atoms with Crippen molar-refractivity contribution < 1.29 is 4.39 Å². The summed E-state index contributed by atoms with van der Waals surface area (Å²) in [7, 11) is 0. The van der Waals surface area contributed by atoms with Gasteiger partial charge in [0.1, 0.15) is 5.82 Å². The van der Waals surface area contributed by atoms with Crippen LogP contribution in [0.1, 0.15) is 11.1 Å². The van der Waals surface area contributed by atoms with Crippen molar-refractivity contribution in [1.82, 2.24) is 20.2 Å². The van der Waals surface area contributed by atoms with Crippen LogP contribution in [0.3, 0.4) is 0 Å². The number of hydrogen-bond acceptors (Lipinski definition) is 4.